The molecule has 1 heterocycles. The van der Waals surface area contributed by atoms with Crippen molar-refractivity contribution in [2.75, 3.05) is 11.8 Å². The van der Waals surface area contributed by atoms with E-state index in [4.69, 9.17) is 9.15 Å². The van der Waals surface area contributed by atoms with Crippen LogP contribution in [0, 0.1) is 0 Å². The maximum absolute atomic E-state index is 12.6. The second-order valence-electron chi connectivity index (χ2n) is 7.28. The Labute approximate surface area is 197 Å². The van der Waals surface area contributed by atoms with E-state index < -0.39 is 10.0 Å². The highest BCUT2D eigenvalue weighted by molar-refractivity contribution is 7.92. The highest BCUT2D eigenvalue weighted by Crippen LogP contribution is 2.27. The molecule has 0 radical (unpaired) electrons. The fraction of sp³-hybridized carbons (Fsp3) is 0.0385. The lowest BCUT2D eigenvalue weighted by molar-refractivity contribution is 0.104. The maximum atomic E-state index is 12.6. The number of ketones is 1. The summed E-state index contributed by atoms with van der Waals surface area (Å²) in [5, 5.41) is 9.66. The number of ether oxygens (including phenoxy) is 1. The third kappa shape index (κ3) is 5.19. The minimum Gasteiger partial charge on any atom is -0.504 e. The van der Waals surface area contributed by atoms with Gasteiger partial charge in [-0.3, -0.25) is 9.52 Å². The Morgan fingerprint density at radius 2 is 1.71 bits per heavy atom. The smallest absolute Gasteiger partial charge is 0.261 e. The largest absolute Gasteiger partial charge is 0.504 e. The van der Waals surface area contributed by atoms with E-state index in [1.807, 2.05) is 0 Å². The fourth-order valence-electron chi connectivity index (χ4n) is 3.20. The van der Waals surface area contributed by atoms with Crippen molar-refractivity contribution >= 4 is 27.6 Å². The van der Waals surface area contributed by atoms with Crippen LogP contribution in [0.2, 0.25) is 0 Å². The summed E-state index contributed by atoms with van der Waals surface area (Å²) < 4.78 is 38.5. The molecule has 0 fully saturated rings. The van der Waals surface area contributed by atoms with Gasteiger partial charge in [0.25, 0.3) is 10.0 Å². The zero-order chi connectivity index (χ0) is 24.1. The molecule has 1 aromatic heterocycles. The van der Waals surface area contributed by atoms with Gasteiger partial charge in [-0.25, -0.2) is 8.42 Å². The molecule has 0 atom stereocenters. The molecule has 0 bridgehead atoms. The molecule has 7 nitrogen and oxygen atoms in total. The molecule has 0 saturated carbocycles. The Kier molecular flexibility index (Phi) is 6.51. The van der Waals surface area contributed by atoms with Crippen molar-refractivity contribution in [2.45, 2.75) is 4.90 Å². The van der Waals surface area contributed by atoms with Gasteiger partial charge in [0.15, 0.2) is 17.3 Å². The predicted octanol–water partition coefficient (Wildman–Crippen LogP) is 5.36. The van der Waals surface area contributed by atoms with Gasteiger partial charge in [0.1, 0.15) is 11.5 Å². The maximum Gasteiger partial charge on any atom is 0.261 e. The highest BCUT2D eigenvalue weighted by Gasteiger charge is 2.15. The number of sulfonamides is 1. The Balaban J connectivity index is 1.46. The zero-order valence-electron chi connectivity index (χ0n) is 18.1. The van der Waals surface area contributed by atoms with E-state index in [1.54, 1.807) is 54.6 Å². The average molecular weight is 476 g/mol. The van der Waals surface area contributed by atoms with Crippen molar-refractivity contribution in [1.82, 2.24) is 0 Å². The molecule has 0 aliphatic carbocycles. The Hall–Kier alpha value is -4.30. The minimum atomic E-state index is -3.71. The van der Waals surface area contributed by atoms with Gasteiger partial charge < -0.3 is 14.3 Å². The third-order valence-electron chi connectivity index (χ3n) is 4.97. The number of rotatable bonds is 8. The average Bonchev–Trinajstić information content (AvgIpc) is 3.32. The molecule has 0 spiro atoms. The first-order valence-electron chi connectivity index (χ1n) is 10.2. The van der Waals surface area contributed by atoms with E-state index in [0.717, 1.165) is 0 Å². The summed E-state index contributed by atoms with van der Waals surface area (Å²) in [7, 11) is -2.31. The molecule has 0 saturated heterocycles. The summed E-state index contributed by atoms with van der Waals surface area (Å²) in [6.45, 7) is 0. The highest BCUT2D eigenvalue weighted by atomic mass is 32.2. The van der Waals surface area contributed by atoms with Crippen LogP contribution in [0.15, 0.2) is 100 Å². The van der Waals surface area contributed by atoms with Crippen molar-refractivity contribution in [3.63, 3.8) is 0 Å². The molecule has 3 aromatic carbocycles. The molecular formula is C26H21NO6S. The van der Waals surface area contributed by atoms with Gasteiger partial charge >= 0.3 is 0 Å². The van der Waals surface area contributed by atoms with Gasteiger partial charge in [-0.1, -0.05) is 18.2 Å². The Bertz CT molecular complexity index is 1440. The number of phenols is 1. The molecule has 0 amide bonds. The first kappa shape index (κ1) is 22.9. The van der Waals surface area contributed by atoms with E-state index in [2.05, 4.69) is 4.72 Å². The van der Waals surface area contributed by atoms with Crippen molar-refractivity contribution in [3.8, 4) is 22.8 Å². The van der Waals surface area contributed by atoms with Gasteiger partial charge in [0.2, 0.25) is 0 Å². The summed E-state index contributed by atoms with van der Waals surface area (Å²) in [6, 6.07) is 22.7. The van der Waals surface area contributed by atoms with Gasteiger partial charge in [-0.15, -0.1) is 0 Å². The van der Waals surface area contributed by atoms with Crippen LogP contribution in [-0.4, -0.2) is 26.4 Å². The van der Waals surface area contributed by atoms with Crippen LogP contribution >= 0.6 is 0 Å². The third-order valence-corrected chi connectivity index (χ3v) is 6.36. The Morgan fingerprint density at radius 1 is 0.971 bits per heavy atom. The molecule has 4 aromatic rings. The number of carbonyl (C=O) groups is 1. The van der Waals surface area contributed by atoms with E-state index in [-0.39, 0.29) is 22.2 Å². The predicted molar refractivity (Wildman–Crippen MR) is 129 cm³/mol. The van der Waals surface area contributed by atoms with Crippen molar-refractivity contribution < 1.29 is 27.5 Å². The number of phenolic OH excluding ortho intramolecular Hbond substituents is 1. The van der Waals surface area contributed by atoms with Gasteiger partial charge in [-0.05, 0) is 78.9 Å². The molecule has 2 N–H and O–H groups in total. The zero-order valence-corrected chi connectivity index (χ0v) is 19.0. The van der Waals surface area contributed by atoms with Crippen molar-refractivity contribution in [2.24, 2.45) is 0 Å². The van der Waals surface area contributed by atoms with E-state index >= 15 is 0 Å². The molecular weight excluding hydrogens is 454 g/mol. The summed E-state index contributed by atoms with van der Waals surface area (Å²) in [5.41, 5.74) is 1.53. The molecule has 0 aliphatic rings. The number of furan rings is 1. The first-order chi connectivity index (χ1) is 16.4. The fourth-order valence-corrected chi connectivity index (χ4v) is 4.26. The quantitative estimate of drug-likeness (QED) is 0.263. The number of nitrogens with one attached hydrogen (secondary N) is 1. The number of para-hydroxylation sites is 1. The lowest BCUT2D eigenvalue weighted by atomic mass is 10.1. The molecule has 8 heteroatoms. The molecule has 172 valence electrons. The second kappa shape index (κ2) is 9.68. The first-order valence-corrected chi connectivity index (χ1v) is 11.7. The Morgan fingerprint density at radius 3 is 2.41 bits per heavy atom. The molecule has 0 unspecified atom stereocenters. The lowest BCUT2D eigenvalue weighted by Crippen LogP contribution is -2.12. The van der Waals surface area contributed by atoms with Crippen LogP contribution in [-0.2, 0) is 10.0 Å². The normalized spacial score (nSPS) is 11.4. The summed E-state index contributed by atoms with van der Waals surface area (Å²) >= 11 is 0. The van der Waals surface area contributed by atoms with Gasteiger partial charge in [0, 0.05) is 16.8 Å². The van der Waals surface area contributed by atoms with Gasteiger partial charge in [-0.2, -0.15) is 0 Å². The number of anilines is 1. The van der Waals surface area contributed by atoms with E-state index in [0.29, 0.717) is 28.3 Å². The van der Waals surface area contributed by atoms with Crippen LogP contribution in [0.3, 0.4) is 0 Å². The number of benzene rings is 3. The van der Waals surface area contributed by atoms with Crippen LogP contribution in [0.1, 0.15) is 16.1 Å². The number of hydrogen-bond acceptors (Lipinski definition) is 6. The molecule has 34 heavy (non-hydrogen) atoms. The van der Waals surface area contributed by atoms with Crippen LogP contribution < -0.4 is 9.46 Å². The number of carbonyl (C=O) groups excluding carboxylic acids is 1. The lowest BCUT2D eigenvalue weighted by Gasteiger charge is -2.08. The number of hydrogen-bond donors (Lipinski definition) is 2. The van der Waals surface area contributed by atoms with Crippen molar-refractivity contribution in [3.05, 3.63) is 102 Å². The summed E-state index contributed by atoms with van der Waals surface area (Å²) in [4.78, 5) is 12.5. The topological polar surface area (TPSA) is 106 Å². The second-order valence-corrected chi connectivity index (χ2v) is 8.96. The SMILES string of the molecule is COc1cc(C(=O)/C=C/c2ccc(-c3ccc(S(=O)(=O)Nc4ccccc4)cc3)o2)ccc1O. The van der Waals surface area contributed by atoms with E-state index in [9.17, 15) is 18.3 Å². The number of aromatic hydroxyl groups is 1. The van der Waals surface area contributed by atoms with Crippen LogP contribution in [0.4, 0.5) is 5.69 Å². The number of methoxy groups -OCH3 is 1. The number of allylic oxidation sites excluding steroid dienone is 1. The minimum absolute atomic E-state index is 0.0478. The van der Waals surface area contributed by atoms with Gasteiger partial charge in [0.05, 0.1) is 12.0 Å². The van der Waals surface area contributed by atoms with E-state index in [1.165, 1.54) is 49.6 Å². The van der Waals surface area contributed by atoms with Crippen LogP contribution in [0.25, 0.3) is 17.4 Å². The summed E-state index contributed by atoms with van der Waals surface area (Å²) in [6.07, 6.45) is 2.90. The van der Waals surface area contributed by atoms with Crippen LogP contribution in [0.5, 0.6) is 11.5 Å². The molecule has 0 aliphatic heterocycles. The monoisotopic (exact) mass is 475 g/mol. The van der Waals surface area contributed by atoms with Crippen molar-refractivity contribution in [1.29, 1.82) is 0 Å². The summed E-state index contributed by atoms with van der Waals surface area (Å²) in [5.74, 6) is 0.865. The molecule has 4 rings (SSSR count). The standard InChI is InChI=1S/C26H21NO6S/c1-32-26-17-19(9-14-24(26)29)23(28)15-10-21-11-16-25(33-21)18-7-12-22(13-8-18)34(30,31)27-20-5-3-2-4-6-20/h2-17,27,29H,1H3/b15-10+.